The third kappa shape index (κ3) is 3.43. The number of aryl methyl sites for hydroxylation is 2. The molecule has 0 atom stereocenters. The van der Waals surface area contributed by atoms with Crippen molar-refractivity contribution in [1.29, 1.82) is 0 Å². The van der Waals surface area contributed by atoms with Crippen LogP contribution in [0.25, 0.3) is 11.1 Å². The molecule has 0 fully saturated rings. The lowest BCUT2D eigenvalue weighted by molar-refractivity contribution is 0.564. The van der Waals surface area contributed by atoms with E-state index in [1.165, 1.54) is 87.3 Å². The maximum absolute atomic E-state index is 2.56. The Kier molecular flexibility index (Phi) is 5.02. The quantitative estimate of drug-likeness (QED) is 0.424. The second-order valence-electron chi connectivity index (χ2n) is 7.79. The van der Waals surface area contributed by atoms with Crippen LogP contribution in [0.3, 0.4) is 0 Å². The summed E-state index contributed by atoms with van der Waals surface area (Å²) >= 11 is 0. The van der Waals surface area contributed by atoms with Crippen molar-refractivity contribution in [2.45, 2.75) is 77.0 Å². The minimum absolute atomic E-state index is 1.14. The standard InChI is InChI=1S/C24H30/c1-2-4-6-8-12-19-16-22-17-21-14-10-11-15-23(21)24(22)18-20(19)13-9-7-5-3-1/h10-11,14-16,18H,1-9,12-13,17H2. The van der Waals surface area contributed by atoms with E-state index in [0.29, 0.717) is 0 Å². The molecule has 0 saturated heterocycles. The van der Waals surface area contributed by atoms with Crippen LogP contribution in [0.2, 0.25) is 0 Å². The molecule has 0 nitrogen and oxygen atoms in total. The minimum atomic E-state index is 1.14. The van der Waals surface area contributed by atoms with Gasteiger partial charge in [0, 0.05) is 0 Å². The van der Waals surface area contributed by atoms with E-state index < -0.39 is 0 Å². The first-order valence-electron chi connectivity index (χ1n) is 10.1. The highest BCUT2D eigenvalue weighted by Gasteiger charge is 2.20. The molecule has 2 aliphatic carbocycles. The Balaban J connectivity index is 1.62. The molecule has 0 unspecified atom stereocenters. The van der Waals surface area contributed by atoms with Gasteiger partial charge in [0.1, 0.15) is 0 Å². The molecule has 0 radical (unpaired) electrons. The van der Waals surface area contributed by atoms with Crippen molar-refractivity contribution in [2.24, 2.45) is 0 Å². The van der Waals surface area contributed by atoms with Crippen molar-refractivity contribution in [3.63, 3.8) is 0 Å². The van der Waals surface area contributed by atoms with Crippen LogP contribution in [0, 0.1) is 0 Å². The van der Waals surface area contributed by atoms with Crippen molar-refractivity contribution in [2.75, 3.05) is 0 Å². The van der Waals surface area contributed by atoms with Gasteiger partial charge in [-0.25, -0.2) is 0 Å². The Hall–Kier alpha value is -1.56. The topological polar surface area (TPSA) is 0 Å². The van der Waals surface area contributed by atoms with E-state index in [1.807, 2.05) is 0 Å². The molecule has 2 aromatic carbocycles. The predicted octanol–water partition coefficient (Wildman–Crippen LogP) is 6.87. The predicted molar refractivity (Wildman–Crippen MR) is 104 cm³/mol. The van der Waals surface area contributed by atoms with Gasteiger partial charge >= 0.3 is 0 Å². The van der Waals surface area contributed by atoms with Gasteiger partial charge in [-0.1, -0.05) is 81.3 Å². The highest BCUT2D eigenvalue weighted by Crippen LogP contribution is 2.38. The van der Waals surface area contributed by atoms with Crippen LogP contribution in [-0.4, -0.2) is 0 Å². The second-order valence-corrected chi connectivity index (χ2v) is 7.79. The Labute approximate surface area is 147 Å². The molecule has 2 aliphatic rings. The first-order chi connectivity index (χ1) is 11.9. The lowest BCUT2D eigenvalue weighted by atomic mass is 9.92. The van der Waals surface area contributed by atoms with E-state index in [9.17, 15) is 0 Å². The van der Waals surface area contributed by atoms with E-state index in [2.05, 4.69) is 36.4 Å². The summed E-state index contributed by atoms with van der Waals surface area (Å²) in [5.74, 6) is 0. The lowest BCUT2D eigenvalue weighted by Gasteiger charge is -2.13. The molecule has 2 aromatic rings. The first-order valence-corrected chi connectivity index (χ1v) is 10.1. The molecule has 0 spiro atoms. The fourth-order valence-electron chi connectivity index (χ4n) is 4.61. The summed E-state index contributed by atoms with van der Waals surface area (Å²) in [6, 6.07) is 14.1. The molecule has 0 heteroatoms. The van der Waals surface area contributed by atoms with Crippen LogP contribution >= 0.6 is 0 Å². The monoisotopic (exact) mass is 318 g/mol. The number of benzene rings is 2. The zero-order valence-corrected chi connectivity index (χ0v) is 14.9. The van der Waals surface area contributed by atoms with Crippen LogP contribution in [0.15, 0.2) is 36.4 Å². The van der Waals surface area contributed by atoms with Gasteiger partial charge in [-0.2, -0.15) is 0 Å². The highest BCUT2D eigenvalue weighted by molar-refractivity contribution is 5.77. The molecule has 0 heterocycles. The maximum atomic E-state index is 2.56. The average Bonchev–Trinajstić information content (AvgIpc) is 2.97. The average molecular weight is 319 g/mol. The van der Waals surface area contributed by atoms with Gasteiger partial charge in [-0.3, -0.25) is 0 Å². The molecule has 0 amide bonds. The van der Waals surface area contributed by atoms with Gasteiger partial charge in [-0.05, 0) is 65.5 Å². The van der Waals surface area contributed by atoms with Crippen molar-refractivity contribution in [3.05, 3.63) is 58.7 Å². The number of rotatable bonds is 0. The summed E-state index contributed by atoms with van der Waals surface area (Å²) in [6.45, 7) is 0. The molecular weight excluding hydrogens is 288 g/mol. The van der Waals surface area contributed by atoms with Crippen molar-refractivity contribution < 1.29 is 0 Å². The third-order valence-electron chi connectivity index (χ3n) is 6.01. The Morgan fingerprint density at radius 3 is 1.75 bits per heavy atom. The summed E-state index contributed by atoms with van der Waals surface area (Å²) < 4.78 is 0. The van der Waals surface area contributed by atoms with Gasteiger partial charge in [0.2, 0.25) is 0 Å². The summed E-state index contributed by atoms with van der Waals surface area (Å²) in [5, 5.41) is 0. The Morgan fingerprint density at radius 2 is 1.04 bits per heavy atom. The van der Waals surface area contributed by atoms with Crippen LogP contribution in [0.4, 0.5) is 0 Å². The lowest BCUT2D eigenvalue weighted by Crippen LogP contribution is -1.98. The first kappa shape index (κ1) is 15.9. The molecule has 126 valence electrons. The van der Waals surface area contributed by atoms with Gasteiger partial charge in [-0.15, -0.1) is 0 Å². The van der Waals surface area contributed by atoms with Crippen LogP contribution in [0.5, 0.6) is 0 Å². The van der Waals surface area contributed by atoms with E-state index in [-0.39, 0.29) is 0 Å². The Bertz CT molecular complexity index is 695. The van der Waals surface area contributed by atoms with Gasteiger partial charge in [0.15, 0.2) is 0 Å². The summed E-state index contributed by atoms with van der Waals surface area (Å²) in [5.41, 5.74) is 9.39. The van der Waals surface area contributed by atoms with E-state index in [4.69, 9.17) is 0 Å². The SMILES string of the molecule is c1ccc2c(c1)Cc1cc3c(cc1-2)CCCCCCCCCCC3. The molecule has 0 aliphatic heterocycles. The molecule has 0 saturated carbocycles. The fourth-order valence-corrected chi connectivity index (χ4v) is 4.61. The fraction of sp³-hybridized carbons (Fsp3) is 0.500. The molecule has 0 N–H and O–H groups in total. The minimum Gasteiger partial charge on any atom is -0.0619 e. The van der Waals surface area contributed by atoms with E-state index in [0.717, 1.165) is 6.42 Å². The Morgan fingerprint density at radius 1 is 0.458 bits per heavy atom. The number of hydrogen-bond donors (Lipinski definition) is 0. The van der Waals surface area contributed by atoms with E-state index >= 15 is 0 Å². The van der Waals surface area contributed by atoms with Crippen LogP contribution in [0.1, 0.15) is 80.0 Å². The molecule has 0 bridgehead atoms. The van der Waals surface area contributed by atoms with Gasteiger partial charge in [0.05, 0.1) is 0 Å². The summed E-state index contributed by atoms with van der Waals surface area (Å²) in [6.07, 6.45) is 16.5. The highest BCUT2D eigenvalue weighted by atomic mass is 14.2. The maximum Gasteiger partial charge on any atom is -0.00134 e. The van der Waals surface area contributed by atoms with Crippen molar-refractivity contribution >= 4 is 0 Å². The largest absolute Gasteiger partial charge is 0.0619 e. The van der Waals surface area contributed by atoms with Gasteiger partial charge < -0.3 is 0 Å². The zero-order chi connectivity index (χ0) is 16.2. The molecule has 4 rings (SSSR count). The van der Waals surface area contributed by atoms with Gasteiger partial charge in [0.25, 0.3) is 0 Å². The van der Waals surface area contributed by atoms with E-state index in [1.54, 1.807) is 16.7 Å². The third-order valence-corrected chi connectivity index (χ3v) is 6.01. The zero-order valence-electron chi connectivity index (χ0n) is 14.9. The number of hydrogen-bond acceptors (Lipinski definition) is 0. The van der Waals surface area contributed by atoms with Crippen molar-refractivity contribution in [1.82, 2.24) is 0 Å². The smallest absolute Gasteiger partial charge is 0.00134 e. The number of fused-ring (bicyclic) bond motifs is 4. The molecule has 24 heavy (non-hydrogen) atoms. The summed E-state index contributed by atoms with van der Waals surface area (Å²) in [7, 11) is 0. The van der Waals surface area contributed by atoms with Crippen LogP contribution in [-0.2, 0) is 19.3 Å². The second kappa shape index (κ2) is 7.55. The summed E-state index contributed by atoms with van der Waals surface area (Å²) in [4.78, 5) is 0. The van der Waals surface area contributed by atoms with Crippen molar-refractivity contribution in [3.8, 4) is 11.1 Å². The van der Waals surface area contributed by atoms with Crippen LogP contribution < -0.4 is 0 Å². The molecule has 0 aromatic heterocycles. The molecular formula is C24H30. The normalized spacial score (nSPS) is 18.5.